The Morgan fingerprint density at radius 3 is 2.83 bits per heavy atom. The van der Waals surface area contributed by atoms with Gasteiger partial charge >= 0.3 is 5.76 Å². The SMILES string of the molecule is N#CC(CCCC1CCOCC1)NC(=O)C(CN1CCS(=O)CC1)Nc1nc(=O)oc2ncccc12. The Morgan fingerprint density at radius 2 is 2.08 bits per heavy atom. The van der Waals surface area contributed by atoms with Crippen LogP contribution in [0, 0.1) is 17.2 Å². The van der Waals surface area contributed by atoms with Crippen LogP contribution in [0.15, 0.2) is 27.5 Å². The fourth-order valence-corrected chi connectivity index (χ4v) is 5.71. The minimum atomic E-state index is -0.851. The van der Waals surface area contributed by atoms with E-state index in [-0.39, 0.29) is 17.4 Å². The minimum absolute atomic E-state index is 0.121. The first kappa shape index (κ1) is 26.2. The molecule has 11 nitrogen and oxygen atoms in total. The van der Waals surface area contributed by atoms with E-state index in [1.54, 1.807) is 12.1 Å². The molecule has 2 aliphatic rings. The van der Waals surface area contributed by atoms with Gasteiger partial charge in [0.1, 0.15) is 17.9 Å². The number of aromatic nitrogens is 2. The number of ether oxygens (including phenoxy) is 1. The van der Waals surface area contributed by atoms with Crippen LogP contribution < -0.4 is 16.4 Å². The molecule has 0 aliphatic carbocycles. The number of amides is 1. The number of rotatable bonds is 10. The Kier molecular flexibility index (Phi) is 9.38. The number of pyridine rings is 1. The molecule has 2 N–H and O–H groups in total. The van der Waals surface area contributed by atoms with Crippen molar-refractivity contribution in [3.05, 3.63) is 28.9 Å². The van der Waals surface area contributed by atoms with Crippen LogP contribution in [0.4, 0.5) is 5.82 Å². The molecule has 2 aromatic heterocycles. The van der Waals surface area contributed by atoms with Crippen molar-refractivity contribution in [3.63, 3.8) is 0 Å². The first-order chi connectivity index (χ1) is 17.5. The lowest BCUT2D eigenvalue weighted by molar-refractivity contribution is -0.122. The highest BCUT2D eigenvalue weighted by molar-refractivity contribution is 7.85. The highest BCUT2D eigenvalue weighted by Crippen LogP contribution is 2.22. The van der Waals surface area contributed by atoms with Crippen molar-refractivity contribution >= 4 is 33.6 Å². The maximum atomic E-state index is 13.4. The van der Waals surface area contributed by atoms with Gasteiger partial charge in [-0.2, -0.15) is 10.2 Å². The average Bonchev–Trinajstić information content (AvgIpc) is 2.89. The van der Waals surface area contributed by atoms with Crippen LogP contribution in [0.5, 0.6) is 0 Å². The van der Waals surface area contributed by atoms with Crippen molar-refractivity contribution in [1.82, 2.24) is 20.2 Å². The number of nitrogens with one attached hydrogen (secondary N) is 2. The van der Waals surface area contributed by atoms with E-state index in [4.69, 9.17) is 9.15 Å². The van der Waals surface area contributed by atoms with Crippen LogP contribution in [0.2, 0.25) is 0 Å². The summed E-state index contributed by atoms with van der Waals surface area (Å²) in [6, 6.07) is 4.19. The molecule has 2 fully saturated rings. The van der Waals surface area contributed by atoms with E-state index in [1.165, 1.54) is 6.20 Å². The standard InChI is InChI=1S/C24H32N6O5S/c25-15-18(4-1-3-17-6-11-34-12-7-17)27-22(31)20(16-30-9-13-36(33)14-10-30)28-21-19-5-2-8-26-23(19)35-24(32)29-21/h2,5,8,17-18,20H,1,3-4,6-7,9-14,16H2,(H,27,31)(H,28,29,32). The third kappa shape index (κ3) is 7.32. The maximum Gasteiger partial charge on any atom is 0.442 e. The summed E-state index contributed by atoms with van der Waals surface area (Å²) in [5.41, 5.74) is 0.121. The molecule has 4 rings (SSSR count). The van der Waals surface area contributed by atoms with Crippen LogP contribution in [0.1, 0.15) is 32.1 Å². The summed E-state index contributed by atoms with van der Waals surface area (Å²) in [5, 5.41) is 16.1. The first-order valence-electron chi connectivity index (χ1n) is 12.4. The summed E-state index contributed by atoms with van der Waals surface area (Å²) in [7, 11) is -0.851. The van der Waals surface area contributed by atoms with Gasteiger partial charge in [0.25, 0.3) is 0 Å². The largest absolute Gasteiger partial charge is 0.442 e. The lowest BCUT2D eigenvalue weighted by atomic mass is 9.93. The van der Waals surface area contributed by atoms with Gasteiger partial charge in [-0.3, -0.25) is 13.9 Å². The van der Waals surface area contributed by atoms with Gasteiger partial charge in [0.05, 0.1) is 11.5 Å². The third-order valence-corrected chi connectivity index (χ3v) is 7.95. The zero-order valence-corrected chi connectivity index (χ0v) is 21.0. The van der Waals surface area contributed by atoms with Crippen molar-refractivity contribution in [3.8, 4) is 6.07 Å². The van der Waals surface area contributed by atoms with Crippen molar-refractivity contribution in [1.29, 1.82) is 5.26 Å². The Morgan fingerprint density at radius 1 is 1.31 bits per heavy atom. The molecule has 2 saturated heterocycles. The van der Waals surface area contributed by atoms with Gasteiger partial charge in [0.2, 0.25) is 11.6 Å². The van der Waals surface area contributed by atoms with Crippen LogP contribution >= 0.6 is 0 Å². The molecule has 0 saturated carbocycles. The molecule has 0 radical (unpaired) electrons. The van der Waals surface area contributed by atoms with Gasteiger partial charge in [-0.15, -0.1) is 0 Å². The third-order valence-electron chi connectivity index (χ3n) is 6.67. The summed E-state index contributed by atoms with van der Waals surface area (Å²) in [5.74, 6) is 0.710. The smallest absolute Gasteiger partial charge is 0.389 e. The Hall–Kier alpha value is -2.88. The van der Waals surface area contributed by atoms with Crippen molar-refractivity contribution < 1.29 is 18.2 Å². The van der Waals surface area contributed by atoms with Gasteiger partial charge in [-0.05, 0) is 37.3 Å². The number of nitrogens with zero attached hydrogens (tertiary/aromatic N) is 4. The normalized spacial score (nSPS) is 19.4. The summed E-state index contributed by atoms with van der Waals surface area (Å²) < 4.78 is 22.3. The van der Waals surface area contributed by atoms with Crippen LogP contribution in [0.3, 0.4) is 0 Å². The summed E-state index contributed by atoms with van der Waals surface area (Å²) in [4.78, 5) is 35.4. The molecule has 36 heavy (non-hydrogen) atoms. The molecule has 194 valence electrons. The minimum Gasteiger partial charge on any atom is -0.389 e. The number of fused-ring (bicyclic) bond motifs is 1. The highest BCUT2D eigenvalue weighted by Gasteiger charge is 2.27. The molecule has 2 atom stereocenters. The van der Waals surface area contributed by atoms with Gasteiger partial charge in [-0.1, -0.05) is 12.8 Å². The van der Waals surface area contributed by atoms with E-state index in [2.05, 4.69) is 31.6 Å². The van der Waals surface area contributed by atoms with E-state index in [0.29, 0.717) is 48.9 Å². The number of nitriles is 1. The van der Waals surface area contributed by atoms with Crippen LogP contribution in [-0.2, 0) is 20.3 Å². The lowest BCUT2D eigenvalue weighted by Crippen LogP contribution is -2.52. The molecular formula is C24H32N6O5S. The topological polar surface area (TPSA) is 150 Å². The number of carbonyl (C=O) groups is 1. The maximum absolute atomic E-state index is 13.4. The molecule has 0 aromatic carbocycles. The van der Waals surface area contributed by atoms with E-state index < -0.39 is 28.6 Å². The summed E-state index contributed by atoms with van der Waals surface area (Å²) in [6.07, 6.45) is 6.00. The number of hydrogen-bond donors (Lipinski definition) is 2. The zero-order valence-electron chi connectivity index (χ0n) is 20.2. The molecule has 0 bridgehead atoms. The zero-order chi connectivity index (χ0) is 25.3. The second-order valence-corrected chi connectivity index (χ2v) is 10.9. The van der Waals surface area contributed by atoms with E-state index in [0.717, 1.165) is 38.9 Å². The molecule has 2 aliphatic heterocycles. The Bertz CT molecular complexity index is 1150. The predicted octanol–water partition coefficient (Wildman–Crippen LogP) is 1.03. The summed E-state index contributed by atoms with van der Waals surface area (Å²) in [6.45, 7) is 3.08. The van der Waals surface area contributed by atoms with Gasteiger partial charge in [0.15, 0.2) is 0 Å². The van der Waals surface area contributed by atoms with Crippen molar-refractivity contribution in [2.75, 3.05) is 49.7 Å². The lowest BCUT2D eigenvalue weighted by Gasteiger charge is -2.30. The van der Waals surface area contributed by atoms with E-state index in [9.17, 15) is 19.1 Å². The predicted molar refractivity (Wildman–Crippen MR) is 135 cm³/mol. The van der Waals surface area contributed by atoms with E-state index in [1.807, 2.05) is 0 Å². The fraction of sp³-hybridized carbons (Fsp3) is 0.625. The number of hydrogen-bond acceptors (Lipinski definition) is 10. The van der Waals surface area contributed by atoms with Crippen LogP contribution in [0.25, 0.3) is 11.1 Å². The second kappa shape index (κ2) is 12.9. The van der Waals surface area contributed by atoms with Crippen molar-refractivity contribution in [2.45, 2.75) is 44.2 Å². The van der Waals surface area contributed by atoms with Crippen LogP contribution in [-0.4, -0.2) is 81.4 Å². The quantitative estimate of drug-likeness (QED) is 0.469. The first-order valence-corrected chi connectivity index (χ1v) is 13.9. The molecule has 1 amide bonds. The molecule has 0 spiro atoms. The second-order valence-electron chi connectivity index (χ2n) is 9.21. The number of anilines is 1. The van der Waals surface area contributed by atoms with Gasteiger partial charge in [0, 0.05) is 61.4 Å². The fourth-order valence-electron chi connectivity index (χ4n) is 4.58. The molecule has 12 heteroatoms. The van der Waals surface area contributed by atoms with Gasteiger partial charge < -0.3 is 19.8 Å². The average molecular weight is 517 g/mol. The van der Waals surface area contributed by atoms with Gasteiger partial charge in [-0.25, -0.2) is 9.78 Å². The van der Waals surface area contributed by atoms with E-state index >= 15 is 0 Å². The molecule has 4 heterocycles. The Balaban J connectivity index is 1.44. The molecular weight excluding hydrogens is 484 g/mol. The highest BCUT2D eigenvalue weighted by atomic mass is 32.2. The Labute approximate surface area is 212 Å². The monoisotopic (exact) mass is 516 g/mol. The molecule has 2 unspecified atom stereocenters. The van der Waals surface area contributed by atoms with Crippen molar-refractivity contribution in [2.24, 2.45) is 5.92 Å². The summed E-state index contributed by atoms with van der Waals surface area (Å²) >= 11 is 0. The molecule has 2 aromatic rings. The number of carbonyl (C=O) groups excluding carboxylic acids is 1.